The lowest BCUT2D eigenvalue weighted by molar-refractivity contribution is -0.140. The number of unbranched alkanes of at least 4 members (excludes halogenated alkanes) is 1. The molecule has 0 aliphatic heterocycles. The van der Waals surface area contributed by atoms with Crippen molar-refractivity contribution in [1.82, 2.24) is 10.2 Å². The van der Waals surface area contributed by atoms with Crippen LogP contribution < -0.4 is 23.8 Å². The number of hydrogen-bond acceptors (Lipinski definition) is 7. The molecule has 0 bridgehead atoms. The maximum atomic E-state index is 14.3. The zero-order chi connectivity index (χ0) is 33.9. The summed E-state index contributed by atoms with van der Waals surface area (Å²) < 4.78 is 45.7. The summed E-state index contributed by atoms with van der Waals surface area (Å²) in [6.45, 7) is 5.90. The highest BCUT2D eigenvalue weighted by atomic mass is 35.5. The number of carbonyl (C=O) groups excluding carboxylic acids is 2. The molecule has 3 aromatic carbocycles. The Morgan fingerprint density at radius 1 is 0.891 bits per heavy atom. The molecule has 0 radical (unpaired) electrons. The van der Waals surface area contributed by atoms with E-state index in [0.717, 1.165) is 17.1 Å². The first-order chi connectivity index (χ1) is 22.0. The average Bonchev–Trinajstić information content (AvgIpc) is 3.05. The van der Waals surface area contributed by atoms with E-state index in [9.17, 15) is 18.0 Å². The molecule has 3 aromatic rings. The van der Waals surface area contributed by atoms with Crippen LogP contribution in [0.15, 0.2) is 65.6 Å². The number of nitrogens with zero attached hydrogens (tertiary/aromatic N) is 2. The van der Waals surface area contributed by atoms with Crippen LogP contribution in [0.5, 0.6) is 17.2 Å². The number of halogens is 2. The van der Waals surface area contributed by atoms with Gasteiger partial charge in [0, 0.05) is 19.2 Å². The average molecular weight is 695 g/mol. The molecule has 13 heteroatoms. The van der Waals surface area contributed by atoms with Gasteiger partial charge in [-0.25, -0.2) is 8.42 Å². The third-order valence-electron chi connectivity index (χ3n) is 7.21. The van der Waals surface area contributed by atoms with Gasteiger partial charge in [-0.1, -0.05) is 49.5 Å². The second kappa shape index (κ2) is 17.3. The number of sulfonamides is 1. The van der Waals surface area contributed by atoms with Crippen molar-refractivity contribution >= 4 is 50.7 Å². The minimum absolute atomic E-state index is 0.0110. The van der Waals surface area contributed by atoms with Crippen molar-refractivity contribution in [2.45, 2.75) is 57.5 Å². The molecule has 10 nitrogen and oxygen atoms in total. The Balaban J connectivity index is 2.10. The molecule has 0 saturated carbocycles. The van der Waals surface area contributed by atoms with Crippen molar-refractivity contribution in [3.8, 4) is 17.2 Å². The fourth-order valence-electron chi connectivity index (χ4n) is 4.77. The van der Waals surface area contributed by atoms with Crippen LogP contribution in [0.1, 0.15) is 45.6 Å². The first kappa shape index (κ1) is 36.8. The zero-order valence-electron chi connectivity index (χ0n) is 26.7. The molecule has 1 N–H and O–H groups in total. The molecule has 0 spiro atoms. The lowest BCUT2D eigenvalue weighted by Crippen LogP contribution is -2.52. The monoisotopic (exact) mass is 693 g/mol. The van der Waals surface area contributed by atoms with E-state index < -0.39 is 28.5 Å². The molecule has 0 aliphatic carbocycles. The van der Waals surface area contributed by atoms with E-state index in [1.807, 2.05) is 13.8 Å². The first-order valence-corrected chi connectivity index (χ1v) is 17.2. The summed E-state index contributed by atoms with van der Waals surface area (Å²) in [5, 5.41) is 3.54. The molecular weight excluding hydrogens is 653 g/mol. The van der Waals surface area contributed by atoms with Crippen molar-refractivity contribution in [3.05, 3.63) is 76.3 Å². The first-order valence-electron chi connectivity index (χ1n) is 15.0. The van der Waals surface area contributed by atoms with Crippen molar-refractivity contribution in [3.63, 3.8) is 0 Å². The Kier molecular flexibility index (Phi) is 13.8. The Morgan fingerprint density at radius 3 is 2.17 bits per heavy atom. The molecule has 0 saturated heterocycles. The van der Waals surface area contributed by atoms with Crippen LogP contribution in [0, 0.1) is 0 Å². The van der Waals surface area contributed by atoms with Crippen LogP contribution in [0.25, 0.3) is 0 Å². The van der Waals surface area contributed by atoms with Crippen LogP contribution in [-0.4, -0.2) is 65.1 Å². The normalized spacial score (nSPS) is 11.8. The summed E-state index contributed by atoms with van der Waals surface area (Å²) in [4.78, 5) is 29.0. The largest absolute Gasteiger partial charge is 0.494 e. The number of ether oxygens (including phenoxy) is 3. The minimum Gasteiger partial charge on any atom is -0.494 e. The van der Waals surface area contributed by atoms with E-state index >= 15 is 0 Å². The third-order valence-corrected chi connectivity index (χ3v) is 9.72. The molecule has 2 amide bonds. The van der Waals surface area contributed by atoms with Crippen LogP contribution >= 0.6 is 23.2 Å². The Morgan fingerprint density at radius 2 is 1.59 bits per heavy atom. The Hall–Kier alpha value is -3.67. The number of hydrogen-bond donors (Lipinski definition) is 1. The number of amides is 2. The van der Waals surface area contributed by atoms with Crippen molar-refractivity contribution in [1.29, 1.82) is 0 Å². The van der Waals surface area contributed by atoms with E-state index in [1.165, 1.54) is 37.3 Å². The van der Waals surface area contributed by atoms with E-state index in [2.05, 4.69) is 5.32 Å². The van der Waals surface area contributed by atoms with Crippen LogP contribution in [-0.2, 0) is 26.2 Å². The fourth-order valence-corrected chi connectivity index (χ4v) is 6.52. The van der Waals surface area contributed by atoms with E-state index in [1.54, 1.807) is 49.4 Å². The minimum atomic E-state index is -4.35. The molecule has 0 unspecified atom stereocenters. The maximum absolute atomic E-state index is 14.3. The summed E-state index contributed by atoms with van der Waals surface area (Å²) in [5.74, 6) is 0.161. The summed E-state index contributed by atoms with van der Waals surface area (Å²) in [7, 11) is -1.50. The van der Waals surface area contributed by atoms with Gasteiger partial charge in [0.1, 0.15) is 18.3 Å². The Labute approximate surface area is 281 Å². The number of nitrogens with one attached hydrogen (secondary N) is 1. The number of anilines is 1. The summed E-state index contributed by atoms with van der Waals surface area (Å²) in [6, 6.07) is 14.6. The lowest BCUT2D eigenvalue weighted by Gasteiger charge is -2.33. The zero-order valence-corrected chi connectivity index (χ0v) is 29.0. The SMILES string of the molecule is CCCCNC(=O)[C@H](CC)N(Cc1ccc(Cl)c(Cl)c1)C(=O)CN(c1ccc(OCC)cc1)S(=O)(=O)c1ccc(OC)c(OC)c1. The molecule has 46 heavy (non-hydrogen) atoms. The van der Waals surface area contributed by atoms with Gasteiger partial charge in [-0.2, -0.15) is 0 Å². The van der Waals surface area contributed by atoms with Crippen LogP contribution in [0.2, 0.25) is 10.0 Å². The van der Waals surface area contributed by atoms with Gasteiger partial charge < -0.3 is 24.4 Å². The van der Waals surface area contributed by atoms with Crippen molar-refractivity contribution in [2.75, 3.05) is 38.2 Å². The predicted octanol–water partition coefficient (Wildman–Crippen LogP) is 6.33. The quantitative estimate of drug-likeness (QED) is 0.164. The maximum Gasteiger partial charge on any atom is 0.264 e. The molecule has 0 heterocycles. The topological polar surface area (TPSA) is 114 Å². The number of rotatable bonds is 17. The molecule has 0 fully saturated rings. The summed E-state index contributed by atoms with van der Waals surface area (Å²) in [6.07, 6.45) is 1.95. The second-order valence-electron chi connectivity index (χ2n) is 10.3. The fraction of sp³-hybridized carbons (Fsp3) is 0.394. The molecule has 0 aromatic heterocycles. The smallest absolute Gasteiger partial charge is 0.264 e. The Bertz CT molecular complexity index is 1590. The lowest BCUT2D eigenvalue weighted by atomic mass is 10.1. The van der Waals surface area contributed by atoms with E-state index in [-0.39, 0.29) is 35.2 Å². The van der Waals surface area contributed by atoms with Gasteiger partial charge in [-0.05, 0) is 73.9 Å². The van der Waals surface area contributed by atoms with Gasteiger partial charge in [0.2, 0.25) is 11.8 Å². The standard InChI is InChI=1S/C33H41Cl2N3O7S/c1-6-9-18-36-33(40)29(7-2)37(21-23-10-16-27(34)28(35)19-23)32(39)22-38(24-11-13-25(14-12-24)45-8-3)46(41,42)26-15-17-30(43-4)31(20-26)44-5/h10-17,19-20,29H,6-9,18,21-22H2,1-5H3,(H,36,40)/t29-/m0/s1. The highest BCUT2D eigenvalue weighted by molar-refractivity contribution is 7.92. The van der Waals surface area contributed by atoms with E-state index in [4.69, 9.17) is 37.4 Å². The van der Waals surface area contributed by atoms with Gasteiger partial charge in [0.15, 0.2) is 11.5 Å². The number of benzene rings is 3. The highest BCUT2D eigenvalue weighted by Gasteiger charge is 2.34. The van der Waals surface area contributed by atoms with Crippen molar-refractivity contribution < 1.29 is 32.2 Å². The molecule has 0 aliphatic rings. The summed E-state index contributed by atoms with van der Waals surface area (Å²) in [5.41, 5.74) is 0.847. The van der Waals surface area contributed by atoms with Crippen molar-refractivity contribution in [2.24, 2.45) is 0 Å². The molecule has 250 valence electrons. The highest BCUT2D eigenvalue weighted by Crippen LogP contribution is 2.33. The van der Waals surface area contributed by atoms with Gasteiger partial charge in [-0.15, -0.1) is 0 Å². The summed E-state index contributed by atoms with van der Waals surface area (Å²) >= 11 is 12.4. The van der Waals surface area contributed by atoms with Gasteiger partial charge in [-0.3, -0.25) is 13.9 Å². The van der Waals surface area contributed by atoms with Gasteiger partial charge in [0.25, 0.3) is 10.0 Å². The van der Waals surface area contributed by atoms with Crippen LogP contribution in [0.3, 0.4) is 0 Å². The predicted molar refractivity (Wildman–Crippen MR) is 181 cm³/mol. The molecular formula is C33H41Cl2N3O7S. The number of carbonyl (C=O) groups is 2. The molecule has 1 atom stereocenters. The third kappa shape index (κ3) is 9.20. The van der Waals surface area contributed by atoms with Gasteiger partial charge >= 0.3 is 0 Å². The number of methoxy groups -OCH3 is 2. The second-order valence-corrected chi connectivity index (χ2v) is 13.0. The van der Waals surface area contributed by atoms with Gasteiger partial charge in [0.05, 0.1) is 41.5 Å². The van der Waals surface area contributed by atoms with E-state index in [0.29, 0.717) is 40.3 Å². The van der Waals surface area contributed by atoms with Crippen LogP contribution in [0.4, 0.5) is 5.69 Å². The molecule has 3 rings (SSSR count).